The summed E-state index contributed by atoms with van der Waals surface area (Å²) >= 11 is 1.45. The molecule has 0 aliphatic heterocycles. The van der Waals surface area contributed by atoms with Gasteiger partial charge in [-0.05, 0) is 45.2 Å². The van der Waals surface area contributed by atoms with Crippen LogP contribution in [0.3, 0.4) is 0 Å². The Morgan fingerprint density at radius 3 is 2.85 bits per heavy atom. The van der Waals surface area contributed by atoms with Gasteiger partial charge in [0.05, 0.1) is 5.25 Å². The molecule has 1 atom stereocenters. The van der Waals surface area contributed by atoms with E-state index < -0.39 is 0 Å². The predicted molar refractivity (Wildman–Crippen MR) is 101 cm³/mol. The van der Waals surface area contributed by atoms with Gasteiger partial charge in [-0.3, -0.25) is 9.78 Å². The highest BCUT2D eigenvalue weighted by atomic mass is 32.2. The van der Waals surface area contributed by atoms with E-state index in [0.717, 1.165) is 42.4 Å². The van der Waals surface area contributed by atoms with E-state index in [1.165, 1.54) is 11.8 Å². The largest absolute Gasteiger partial charge is 0.382 e. The maximum Gasteiger partial charge on any atom is 0.233 e. The molecule has 0 bridgehead atoms. The number of hydrogen-bond donors (Lipinski definition) is 1. The molecule has 140 valence electrons. The molecule has 1 N–H and O–H groups in total. The molecule has 7 nitrogen and oxygen atoms in total. The van der Waals surface area contributed by atoms with Crippen molar-refractivity contribution < 1.29 is 9.53 Å². The fourth-order valence-corrected chi connectivity index (χ4v) is 3.40. The first-order valence-corrected chi connectivity index (χ1v) is 9.95. The Labute approximate surface area is 157 Å². The number of carbonyl (C=O) groups is 1. The maximum absolute atomic E-state index is 12.3. The van der Waals surface area contributed by atoms with Crippen molar-refractivity contribution in [2.75, 3.05) is 13.2 Å². The average molecular weight is 375 g/mol. The van der Waals surface area contributed by atoms with Gasteiger partial charge in [-0.2, -0.15) is 0 Å². The number of nitrogens with zero attached hydrogens (tertiary/aromatic N) is 4. The van der Waals surface area contributed by atoms with Crippen LogP contribution in [-0.2, 0) is 16.1 Å². The summed E-state index contributed by atoms with van der Waals surface area (Å²) in [6, 6.07) is 4.20. The molecular formula is C18H25N5O2S. The molecule has 26 heavy (non-hydrogen) atoms. The van der Waals surface area contributed by atoms with Gasteiger partial charge in [-0.25, -0.2) is 0 Å². The molecule has 0 aromatic carbocycles. The van der Waals surface area contributed by atoms with Gasteiger partial charge in [-0.1, -0.05) is 11.8 Å². The zero-order valence-corrected chi connectivity index (χ0v) is 16.0. The van der Waals surface area contributed by atoms with Crippen LogP contribution in [0.25, 0.3) is 11.4 Å². The number of amides is 1. The van der Waals surface area contributed by atoms with E-state index in [9.17, 15) is 4.79 Å². The lowest BCUT2D eigenvalue weighted by Crippen LogP contribution is -2.32. The number of nitrogens with one attached hydrogen (secondary N) is 1. The summed E-state index contributed by atoms with van der Waals surface area (Å²) in [5.41, 5.74) is 0.964. The molecule has 0 unspecified atom stereocenters. The first-order chi connectivity index (χ1) is 12.7. The van der Waals surface area contributed by atoms with E-state index in [1.807, 2.05) is 26.0 Å². The molecule has 2 heterocycles. The van der Waals surface area contributed by atoms with Gasteiger partial charge >= 0.3 is 0 Å². The van der Waals surface area contributed by atoms with Gasteiger partial charge in [0.1, 0.15) is 0 Å². The summed E-state index contributed by atoms with van der Waals surface area (Å²) in [7, 11) is 0. The van der Waals surface area contributed by atoms with Crippen LogP contribution in [0.4, 0.5) is 0 Å². The molecule has 1 amide bonds. The number of rotatable bonds is 10. The zero-order chi connectivity index (χ0) is 18.4. The van der Waals surface area contributed by atoms with Crippen LogP contribution < -0.4 is 5.32 Å². The summed E-state index contributed by atoms with van der Waals surface area (Å²) in [6.07, 6.45) is 6.52. The average Bonchev–Trinajstić information content (AvgIpc) is 3.39. The monoisotopic (exact) mass is 375 g/mol. The molecule has 1 aliphatic rings. The smallest absolute Gasteiger partial charge is 0.233 e. The summed E-state index contributed by atoms with van der Waals surface area (Å²) in [5.74, 6) is 0.855. The van der Waals surface area contributed by atoms with Crippen LogP contribution in [0.2, 0.25) is 0 Å². The molecule has 0 spiro atoms. The van der Waals surface area contributed by atoms with E-state index in [1.54, 1.807) is 12.4 Å². The van der Waals surface area contributed by atoms with Crippen LogP contribution in [-0.4, -0.2) is 50.2 Å². The van der Waals surface area contributed by atoms with Crippen LogP contribution in [0.1, 0.15) is 33.1 Å². The lowest BCUT2D eigenvalue weighted by Gasteiger charge is -2.13. The van der Waals surface area contributed by atoms with Crippen molar-refractivity contribution in [1.29, 1.82) is 0 Å². The van der Waals surface area contributed by atoms with Crippen molar-refractivity contribution in [1.82, 2.24) is 25.1 Å². The predicted octanol–water partition coefficient (Wildman–Crippen LogP) is 2.53. The molecule has 1 fully saturated rings. The number of carbonyl (C=O) groups excluding carboxylic acids is 1. The highest BCUT2D eigenvalue weighted by Crippen LogP contribution is 2.28. The number of hydrogen-bond acceptors (Lipinski definition) is 6. The fourth-order valence-electron chi connectivity index (χ4n) is 2.52. The Hall–Kier alpha value is -1.93. The highest BCUT2D eigenvalue weighted by molar-refractivity contribution is 8.00. The van der Waals surface area contributed by atoms with Crippen molar-refractivity contribution in [2.24, 2.45) is 0 Å². The second kappa shape index (κ2) is 9.14. The number of ether oxygens (including phenoxy) is 1. The third kappa shape index (κ3) is 5.04. The molecular weight excluding hydrogens is 350 g/mol. The Balaban J connectivity index is 1.74. The summed E-state index contributed by atoms with van der Waals surface area (Å²) in [4.78, 5) is 16.3. The van der Waals surface area contributed by atoms with Crippen molar-refractivity contribution in [2.45, 2.75) is 56.1 Å². The van der Waals surface area contributed by atoms with E-state index in [2.05, 4.69) is 25.1 Å². The quantitative estimate of drug-likeness (QED) is 0.508. The first-order valence-electron chi connectivity index (χ1n) is 9.07. The fraction of sp³-hybridized carbons (Fsp3) is 0.556. The van der Waals surface area contributed by atoms with E-state index in [4.69, 9.17) is 4.74 Å². The molecule has 1 aliphatic carbocycles. The number of pyridine rings is 1. The van der Waals surface area contributed by atoms with Crippen LogP contribution in [0, 0.1) is 0 Å². The Morgan fingerprint density at radius 1 is 1.38 bits per heavy atom. The molecule has 0 radical (unpaired) electrons. The second-order valence-corrected chi connectivity index (χ2v) is 7.60. The van der Waals surface area contributed by atoms with Crippen molar-refractivity contribution in [3.8, 4) is 11.4 Å². The molecule has 0 saturated heterocycles. The highest BCUT2D eigenvalue weighted by Gasteiger charge is 2.27. The van der Waals surface area contributed by atoms with E-state index in [0.29, 0.717) is 19.3 Å². The third-order valence-electron chi connectivity index (χ3n) is 4.11. The molecule has 3 rings (SSSR count). The first kappa shape index (κ1) is 18.8. The topological polar surface area (TPSA) is 81.9 Å². The van der Waals surface area contributed by atoms with Crippen molar-refractivity contribution >= 4 is 17.7 Å². The SMILES string of the molecule is CCOCCCn1c(S[C@H](C)C(=O)NC2CC2)nnc1-c1ccncc1. The lowest BCUT2D eigenvalue weighted by atomic mass is 10.2. The Morgan fingerprint density at radius 2 is 2.15 bits per heavy atom. The molecule has 2 aromatic heterocycles. The summed E-state index contributed by atoms with van der Waals surface area (Å²) in [5, 5.41) is 12.3. The van der Waals surface area contributed by atoms with Gasteiger partial charge < -0.3 is 14.6 Å². The number of thioether (sulfide) groups is 1. The van der Waals surface area contributed by atoms with Crippen LogP contribution in [0.5, 0.6) is 0 Å². The Kier molecular flexibility index (Phi) is 6.62. The summed E-state index contributed by atoms with van der Waals surface area (Å²) < 4.78 is 7.52. The van der Waals surface area contributed by atoms with Crippen LogP contribution >= 0.6 is 11.8 Å². The zero-order valence-electron chi connectivity index (χ0n) is 15.2. The number of aromatic nitrogens is 4. The second-order valence-electron chi connectivity index (χ2n) is 6.29. The van der Waals surface area contributed by atoms with Crippen molar-refractivity contribution in [3.05, 3.63) is 24.5 Å². The van der Waals surface area contributed by atoms with E-state index in [-0.39, 0.29) is 11.2 Å². The maximum atomic E-state index is 12.3. The molecule has 1 saturated carbocycles. The normalized spacial score (nSPS) is 15.0. The minimum Gasteiger partial charge on any atom is -0.382 e. The van der Waals surface area contributed by atoms with Gasteiger partial charge in [0, 0.05) is 43.8 Å². The van der Waals surface area contributed by atoms with Crippen molar-refractivity contribution in [3.63, 3.8) is 0 Å². The summed E-state index contributed by atoms with van der Waals surface area (Å²) in [6.45, 7) is 6.03. The van der Waals surface area contributed by atoms with Gasteiger partial charge in [0.25, 0.3) is 0 Å². The van der Waals surface area contributed by atoms with Gasteiger partial charge in [0.2, 0.25) is 5.91 Å². The van der Waals surface area contributed by atoms with Crippen LogP contribution in [0.15, 0.2) is 29.7 Å². The molecule has 8 heteroatoms. The minimum absolute atomic E-state index is 0.0619. The molecule has 2 aromatic rings. The lowest BCUT2D eigenvalue weighted by molar-refractivity contribution is -0.120. The van der Waals surface area contributed by atoms with Gasteiger partial charge in [0.15, 0.2) is 11.0 Å². The van der Waals surface area contributed by atoms with E-state index >= 15 is 0 Å². The standard InChI is InChI=1S/C18H25N5O2S/c1-3-25-12-4-11-23-16(14-7-9-19-10-8-14)21-22-18(23)26-13(2)17(24)20-15-5-6-15/h7-10,13,15H,3-6,11-12H2,1-2H3,(H,20,24)/t13-/m1/s1. The van der Waals surface area contributed by atoms with Gasteiger partial charge in [-0.15, -0.1) is 10.2 Å². The third-order valence-corrected chi connectivity index (χ3v) is 5.19. The minimum atomic E-state index is -0.212. The Bertz CT molecular complexity index is 718.